The van der Waals surface area contributed by atoms with E-state index in [-0.39, 0.29) is 17.5 Å². The van der Waals surface area contributed by atoms with E-state index in [1.54, 1.807) is 0 Å². The molecular formula is C38H52F4O. The maximum absolute atomic E-state index is 15.4. The first-order chi connectivity index (χ1) is 20.8. The lowest BCUT2D eigenvalue weighted by Crippen LogP contribution is -2.38. The first-order valence-corrected chi connectivity index (χ1v) is 17.4. The fraction of sp³-hybridized carbons (Fsp3) is 0.684. The second kappa shape index (κ2) is 14.8. The Bertz CT molecular complexity index is 1150. The Labute approximate surface area is 257 Å². The van der Waals surface area contributed by atoms with Gasteiger partial charge in [-0.2, -0.15) is 8.78 Å². The van der Waals surface area contributed by atoms with Crippen molar-refractivity contribution in [3.8, 4) is 5.75 Å². The Morgan fingerprint density at radius 3 is 1.95 bits per heavy atom. The van der Waals surface area contributed by atoms with Gasteiger partial charge < -0.3 is 4.74 Å². The topological polar surface area (TPSA) is 9.23 Å². The molecule has 0 N–H and O–H groups in total. The van der Waals surface area contributed by atoms with Gasteiger partial charge in [0.25, 0.3) is 0 Å². The summed E-state index contributed by atoms with van der Waals surface area (Å²) >= 11 is 0. The van der Waals surface area contributed by atoms with Crippen LogP contribution in [0.2, 0.25) is 0 Å². The summed E-state index contributed by atoms with van der Waals surface area (Å²) in [6, 6.07) is 10.1. The minimum Gasteiger partial charge on any atom is -0.432 e. The second-order valence-electron chi connectivity index (χ2n) is 14.0. The fourth-order valence-corrected chi connectivity index (χ4v) is 8.54. The summed E-state index contributed by atoms with van der Waals surface area (Å²) < 4.78 is 64.5. The van der Waals surface area contributed by atoms with Crippen LogP contribution in [-0.2, 0) is 6.42 Å². The van der Waals surface area contributed by atoms with E-state index in [1.165, 1.54) is 69.1 Å². The molecule has 3 aliphatic carbocycles. The molecule has 5 rings (SSSR count). The minimum absolute atomic E-state index is 0.0297. The van der Waals surface area contributed by atoms with Gasteiger partial charge in [0.15, 0.2) is 0 Å². The van der Waals surface area contributed by atoms with Crippen LogP contribution < -0.4 is 4.74 Å². The maximum Gasteiger partial charge on any atom is 0.400 e. The second-order valence-corrected chi connectivity index (χ2v) is 14.0. The van der Waals surface area contributed by atoms with Gasteiger partial charge in [0.2, 0.25) is 0 Å². The van der Waals surface area contributed by atoms with Crippen LogP contribution >= 0.6 is 0 Å². The van der Waals surface area contributed by atoms with Crippen molar-refractivity contribution < 1.29 is 22.3 Å². The highest BCUT2D eigenvalue weighted by Gasteiger charge is 2.45. The number of benzene rings is 2. The Kier molecular flexibility index (Phi) is 11.2. The SMILES string of the molecule is CCCCCC1CCC(c2ccc(C3CCC(C4CCC(C(F)(F)Oc5ccc(CC)c(F)c5)CC4)CC3)c(F)c2)CC1. The van der Waals surface area contributed by atoms with E-state index in [9.17, 15) is 13.2 Å². The van der Waals surface area contributed by atoms with Gasteiger partial charge in [0.1, 0.15) is 17.4 Å². The third kappa shape index (κ3) is 8.17. The van der Waals surface area contributed by atoms with Gasteiger partial charge in [-0.25, -0.2) is 8.78 Å². The molecule has 0 aliphatic heterocycles. The Morgan fingerprint density at radius 2 is 1.35 bits per heavy atom. The van der Waals surface area contributed by atoms with E-state index in [1.807, 2.05) is 13.0 Å². The first kappa shape index (κ1) is 32.4. The minimum atomic E-state index is -3.31. The van der Waals surface area contributed by atoms with Crippen molar-refractivity contribution >= 4 is 0 Å². The zero-order valence-electron chi connectivity index (χ0n) is 26.4. The van der Waals surface area contributed by atoms with Crippen LogP contribution in [0.5, 0.6) is 5.75 Å². The van der Waals surface area contributed by atoms with Gasteiger partial charge in [-0.15, -0.1) is 0 Å². The molecule has 0 amide bonds. The van der Waals surface area contributed by atoms with Crippen molar-refractivity contribution in [1.82, 2.24) is 0 Å². The summed E-state index contributed by atoms with van der Waals surface area (Å²) in [6.07, 6.45) is 13.9. The highest BCUT2D eigenvalue weighted by molar-refractivity contribution is 5.31. The molecule has 43 heavy (non-hydrogen) atoms. The number of halogens is 4. The normalized spacial score (nSPS) is 28.5. The van der Waals surface area contributed by atoms with Crippen LogP contribution in [0.25, 0.3) is 0 Å². The van der Waals surface area contributed by atoms with Crippen LogP contribution in [-0.4, -0.2) is 6.11 Å². The van der Waals surface area contributed by atoms with E-state index in [4.69, 9.17) is 4.74 Å². The third-order valence-corrected chi connectivity index (χ3v) is 11.3. The summed E-state index contributed by atoms with van der Waals surface area (Å²) in [5.74, 6) is 1.10. The number of hydrogen-bond acceptors (Lipinski definition) is 1. The van der Waals surface area contributed by atoms with Crippen LogP contribution in [0.1, 0.15) is 145 Å². The molecule has 1 nitrogen and oxygen atoms in total. The number of aryl methyl sites for hydroxylation is 1. The van der Waals surface area contributed by atoms with Crippen molar-refractivity contribution in [3.63, 3.8) is 0 Å². The lowest BCUT2D eigenvalue weighted by molar-refractivity contribution is -0.224. The third-order valence-electron chi connectivity index (χ3n) is 11.3. The molecule has 0 spiro atoms. The van der Waals surface area contributed by atoms with Crippen LogP contribution in [0.3, 0.4) is 0 Å². The predicted octanol–water partition coefficient (Wildman–Crippen LogP) is 12.1. The Morgan fingerprint density at radius 1 is 0.698 bits per heavy atom. The molecule has 0 aromatic heterocycles. The van der Waals surface area contributed by atoms with Gasteiger partial charge in [0.05, 0.1) is 5.92 Å². The van der Waals surface area contributed by atoms with Gasteiger partial charge in [-0.3, -0.25) is 0 Å². The summed E-state index contributed by atoms with van der Waals surface area (Å²) in [7, 11) is 0. The lowest BCUT2D eigenvalue weighted by atomic mass is 9.68. The molecule has 0 saturated heterocycles. The average Bonchev–Trinajstić information content (AvgIpc) is 3.02. The molecule has 2 aromatic carbocycles. The molecule has 3 aliphatic rings. The molecule has 0 heterocycles. The zero-order valence-corrected chi connectivity index (χ0v) is 26.4. The molecule has 238 valence electrons. The van der Waals surface area contributed by atoms with Gasteiger partial charge >= 0.3 is 6.11 Å². The lowest BCUT2D eigenvalue weighted by Gasteiger charge is -2.39. The summed E-state index contributed by atoms with van der Waals surface area (Å²) in [5.41, 5.74) is 2.55. The molecule has 5 heteroatoms. The molecule has 0 radical (unpaired) electrons. The van der Waals surface area contributed by atoms with Crippen molar-refractivity contribution in [3.05, 3.63) is 64.7 Å². The van der Waals surface area contributed by atoms with E-state index in [2.05, 4.69) is 19.1 Å². The first-order valence-electron chi connectivity index (χ1n) is 17.4. The Hall–Kier alpha value is -2.04. The van der Waals surface area contributed by atoms with Crippen LogP contribution in [0.4, 0.5) is 17.6 Å². The molecule has 0 bridgehead atoms. The quantitative estimate of drug-likeness (QED) is 0.184. The fourth-order valence-electron chi connectivity index (χ4n) is 8.54. The predicted molar refractivity (Wildman–Crippen MR) is 167 cm³/mol. The van der Waals surface area contributed by atoms with E-state index < -0.39 is 17.8 Å². The van der Waals surface area contributed by atoms with E-state index in [0.717, 1.165) is 56.1 Å². The smallest absolute Gasteiger partial charge is 0.400 e. The van der Waals surface area contributed by atoms with Crippen molar-refractivity contribution in [1.29, 1.82) is 0 Å². The monoisotopic (exact) mass is 600 g/mol. The maximum atomic E-state index is 15.4. The molecule has 0 unspecified atom stereocenters. The standard InChI is InChI=1S/C38H52F4O/c1-3-5-6-7-26-8-10-30(11-9-26)32-19-23-35(37(40)24-32)31-14-12-28(13-15-31)29-16-20-33(21-17-29)38(41,42)43-34-22-18-27(4-2)36(39)25-34/h18-19,22-26,28-31,33H,3-17,20-21H2,1-2H3. The molecule has 0 atom stereocenters. The number of hydrogen-bond donors (Lipinski definition) is 0. The summed E-state index contributed by atoms with van der Waals surface area (Å²) in [4.78, 5) is 0. The van der Waals surface area contributed by atoms with Gasteiger partial charge in [-0.05, 0) is 142 Å². The molecule has 2 aromatic rings. The Balaban J connectivity index is 1.07. The van der Waals surface area contributed by atoms with Gasteiger partial charge in [-0.1, -0.05) is 57.7 Å². The summed E-state index contributed by atoms with van der Waals surface area (Å²) in [6.45, 7) is 4.09. The van der Waals surface area contributed by atoms with E-state index in [0.29, 0.717) is 42.6 Å². The van der Waals surface area contributed by atoms with Crippen molar-refractivity contribution in [2.75, 3.05) is 0 Å². The highest BCUT2D eigenvalue weighted by atomic mass is 19.3. The zero-order chi connectivity index (χ0) is 30.4. The molecule has 3 saturated carbocycles. The van der Waals surface area contributed by atoms with Crippen molar-refractivity contribution in [2.24, 2.45) is 23.7 Å². The molecule has 3 fully saturated rings. The summed E-state index contributed by atoms with van der Waals surface area (Å²) in [5, 5.41) is 0. The average molecular weight is 601 g/mol. The largest absolute Gasteiger partial charge is 0.432 e. The van der Waals surface area contributed by atoms with E-state index >= 15 is 4.39 Å². The van der Waals surface area contributed by atoms with Gasteiger partial charge in [0, 0.05) is 6.07 Å². The number of ether oxygens (including phenoxy) is 1. The van der Waals surface area contributed by atoms with Crippen molar-refractivity contribution in [2.45, 2.75) is 141 Å². The number of alkyl halides is 2. The number of unbranched alkanes of at least 4 members (excludes halogenated alkanes) is 2. The van der Waals surface area contributed by atoms with Crippen LogP contribution in [0, 0.1) is 35.3 Å². The molecular weight excluding hydrogens is 548 g/mol. The number of rotatable bonds is 11. The van der Waals surface area contributed by atoms with Crippen LogP contribution in [0.15, 0.2) is 36.4 Å². The highest BCUT2D eigenvalue weighted by Crippen LogP contribution is 2.47.